The van der Waals surface area contributed by atoms with Crippen LogP contribution in [0.25, 0.3) is 11.5 Å². The van der Waals surface area contributed by atoms with Crippen molar-refractivity contribution in [1.29, 1.82) is 0 Å². The van der Waals surface area contributed by atoms with Gasteiger partial charge < -0.3 is 4.98 Å². The van der Waals surface area contributed by atoms with E-state index < -0.39 is 0 Å². The number of nitrogens with zero attached hydrogens (tertiary/aromatic N) is 5. The van der Waals surface area contributed by atoms with Gasteiger partial charge in [-0.2, -0.15) is 0 Å². The Morgan fingerprint density at radius 2 is 2.19 bits per heavy atom. The standard InChI is InChI=1S/C15H11N7OS3/c1-8-6-25-14(19-8)21-13(23)11-10(26-15-16-4-5-24-15)3-2-9(20-11)12-17-7-18-22-12/h2-7H,1H3,(H,17,18,22)(H,19,21,23). The van der Waals surface area contributed by atoms with Crippen LogP contribution in [0.4, 0.5) is 5.13 Å². The first-order valence-corrected chi connectivity index (χ1v) is 9.95. The molecular weight excluding hydrogens is 390 g/mol. The molecule has 0 aliphatic carbocycles. The third-order valence-corrected chi connectivity index (χ3v) is 5.99. The third-order valence-electron chi connectivity index (χ3n) is 3.18. The van der Waals surface area contributed by atoms with E-state index in [2.05, 4.69) is 35.5 Å². The summed E-state index contributed by atoms with van der Waals surface area (Å²) in [6.07, 6.45) is 3.19. The summed E-state index contributed by atoms with van der Waals surface area (Å²) in [7, 11) is 0. The van der Waals surface area contributed by atoms with E-state index in [9.17, 15) is 4.79 Å². The number of pyridine rings is 1. The van der Waals surface area contributed by atoms with E-state index in [1.165, 1.54) is 40.8 Å². The molecule has 0 unspecified atom stereocenters. The maximum atomic E-state index is 12.8. The molecule has 0 aliphatic heterocycles. The van der Waals surface area contributed by atoms with Gasteiger partial charge in [0.1, 0.15) is 17.7 Å². The Kier molecular flexibility index (Phi) is 4.73. The lowest BCUT2D eigenvalue weighted by Crippen LogP contribution is -2.15. The second-order valence-electron chi connectivity index (χ2n) is 5.03. The molecule has 0 saturated carbocycles. The average Bonchev–Trinajstić information content (AvgIpc) is 3.38. The van der Waals surface area contributed by atoms with Crippen molar-refractivity contribution in [3.63, 3.8) is 0 Å². The molecule has 4 aromatic rings. The van der Waals surface area contributed by atoms with Gasteiger partial charge >= 0.3 is 0 Å². The number of hydrogen-bond donors (Lipinski definition) is 2. The fraction of sp³-hybridized carbons (Fsp3) is 0.0667. The minimum absolute atomic E-state index is 0.284. The van der Waals surface area contributed by atoms with Crippen LogP contribution in [0, 0.1) is 6.92 Å². The maximum absolute atomic E-state index is 12.8. The molecule has 0 radical (unpaired) electrons. The van der Waals surface area contributed by atoms with Gasteiger partial charge in [-0.1, -0.05) is 11.8 Å². The molecule has 2 N–H and O–H groups in total. The Morgan fingerprint density at radius 3 is 2.88 bits per heavy atom. The fourth-order valence-electron chi connectivity index (χ4n) is 2.08. The van der Waals surface area contributed by atoms with Crippen LogP contribution in [-0.2, 0) is 0 Å². The van der Waals surface area contributed by atoms with Crippen LogP contribution in [0.3, 0.4) is 0 Å². The molecule has 0 fully saturated rings. The van der Waals surface area contributed by atoms with E-state index in [0.29, 0.717) is 21.5 Å². The highest BCUT2D eigenvalue weighted by molar-refractivity contribution is 8.01. The van der Waals surface area contributed by atoms with E-state index in [1.807, 2.05) is 23.8 Å². The Hall–Kier alpha value is -2.63. The highest BCUT2D eigenvalue weighted by atomic mass is 32.2. The quantitative estimate of drug-likeness (QED) is 0.527. The number of hydrogen-bond acceptors (Lipinski definition) is 9. The molecule has 4 rings (SSSR count). The van der Waals surface area contributed by atoms with Gasteiger partial charge in [0.2, 0.25) is 0 Å². The summed E-state index contributed by atoms with van der Waals surface area (Å²) in [6, 6.07) is 3.62. The van der Waals surface area contributed by atoms with E-state index in [0.717, 1.165) is 10.0 Å². The van der Waals surface area contributed by atoms with Crippen molar-refractivity contribution < 1.29 is 4.79 Å². The number of carbonyl (C=O) groups excluding carboxylic acids is 1. The van der Waals surface area contributed by atoms with Crippen molar-refractivity contribution in [2.75, 3.05) is 5.32 Å². The molecule has 4 aromatic heterocycles. The summed E-state index contributed by atoms with van der Waals surface area (Å²) >= 11 is 4.26. The van der Waals surface area contributed by atoms with E-state index in [1.54, 1.807) is 12.3 Å². The van der Waals surface area contributed by atoms with E-state index >= 15 is 0 Å². The normalized spacial score (nSPS) is 10.8. The lowest BCUT2D eigenvalue weighted by Gasteiger charge is -2.08. The molecule has 4 heterocycles. The number of thiazole rings is 2. The van der Waals surface area contributed by atoms with Crippen molar-refractivity contribution in [1.82, 2.24) is 30.1 Å². The summed E-state index contributed by atoms with van der Waals surface area (Å²) < 4.78 is 0.832. The molecule has 0 aromatic carbocycles. The van der Waals surface area contributed by atoms with Crippen LogP contribution in [0.15, 0.2) is 44.7 Å². The average molecular weight is 402 g/mol. The summed E-state index contributed by atoms with van der Waals surface area (Å²) in [4.78, 5) is 29.4. The number of rotatable bonds is 5. The minimum atomic E-state index is -0.334. The summed E-state index contributed by atoms with van der Waals surface area (Å²) in [5, 5.41) is 14.8. The van der Waals surface area contributed by atoms with Gasteiger partial charge in [-0.3, -0.25) is 10.1 Å². The molecule has 26 heavy (non-hydrogen) atoms. The highest BCUT2D eigenvalue weighted by Crippen LogP contribution is 2.32. The van der Waals surface area contributed by atoms with Gasteiger partial charge in [-0.15, -0.1) is 32.9 Å². The highest BCUT2D eigenvalue weighted by Gasteiger charge is 2.19. The second-order valence-corrected chi connectivity index (χ2v) is 8.07. The zero-order valence-electron chi connectivity index (χ0n) is 13.3. The molecule has 0 spiro atoms. The minimum Gasteiger partial charge on any atom is -0.326 e. The first kappa shape index (κ1) is 16.8. The Morgan fingerprint density at radius 1 is 1.27 bits per heavy atom. The van der Waals surface area contributed by atoms with Gasteiger partial charge in [0.05, 0.1) is 5.69 Å². The van der Waals surface area contributed by atoms with Crippen molar-refractivity contribution in [2.45, 2.75) is 16.2 Å². The summed E-state index contributed by atoms with van der Waals surface area (Å²) in [5.74, 6) is 0.162. The van der Waals surface area contributed by atoms with Crippen molar-refractivity contribution >= 4 is 45.5 Å². The number of amides is 1. The van der Waals surface area contributed by atoms with Crippen molar-refractivity contribution in [3.05, 3.63) is 46.8 Å². The lowest BCUT2D eigenvalue weighted by atomic mass is 10.2. The SMILES string of the molecule is Cc1csc(NC(=O)c2nc(-c3nnc[nH]3)ccc2Sc2nccs2)n1. The maximum Gasteiger partial charge on any atom is 0.277 e. The van der Waals surface area contributed by atoms with Gasteiger partial charge in [-0.05, 0) is 19.1 Å². The molecule has 0 saturated heterocycles. The molecular formula is C15H11N7OS3. The molecule has 1 amide bonds. The molecule has 130 valence electrons. The van der Waals surface area contributed by atoms with Gasteiger partial charge in [0.25, 0.3) is 5.91 Å². The number of aromatic amines is 1. The summed E-state index contributed by atoms with van der Waals surface area (Å²) in [5.41, 5.74) is 1.67. The number of aromatic nitrogens is 6. The van der Waals surface area contributed by atoms with Crippen LogP contribution >= 0.6 is 34.4 Å². The number of anilines is 1. The second kappa shape index (κ2) is 7.32. The van der Waals surface area contributed by atoms with Crippen molar-refractivity contribution in [3.8, 4) is 11.5 Å². The molecule has 11 heteroatoms. The smallest absolute Gasteiger partial charge is 0.277 e. The van der Waals surface area contributed by atoms with Crippen molar-refractivity contribution in [2.24, 2.45) is 0 Å². The Labute approximate surface area is 160 Å². The zero-order chi connectivity index (χ0) is 17.9. The van der Waals surface area contributed by atoms with Crippen LogP contribution in [0.1, 0.15) is 16.2 Å². The topological polar surface area (TPSA) is 109 Å². The first-order valence-electron chi connectivity index (χ1n) is 7.37. The number of aryl methyl sites for hydroxylation is 1. The van der Waals surface area contributed by atoms with Gasteiger partial charge in [0.15, 0.2) is 15.3 Å². The predicted molar refractivity (Wildman–Crippen MR) is 101 cm³/mol. The number of H-pyrrole nitrogens is 1. The van der Waals surface area contributed by atoms with Crippen LogP contribution in [0.2, 0.25) is 0 Å². The Bertz CT molecular complexity index is 1030. The number of carbonyl (C=O) groups is 1. The monoisotopic (exact) mass is 401 g/mol. The molecule has 8 nitrogen and oxygen atoms in total. The molecule has 0 bridgehead atoms. The van der Waals surface area contributed by atoms with E-state index in [4.69, 9.17) is 0 Å². The van der Waals surface area contributed by atoms with Gasteiger partial charge in [-0.25, -0.2) is 15.0 Å². The van der Waals surface area contributed by atoms with Crippen LogP contribution in [0.5, 0.6) is 0 Å². The molecule has 0 atom stereocenters. The first-order chi connectivity index (χ1) is 12.7. The largest absolute Gasteiger partial charge is 0.326 e. The third kappa shape index (κ3) is 3.64. The Balaban J connectivity index is 1.70. The van der Waals surface area contributed by atoms with Gasteiger partial charge in [0, 0.05) is 21.9 Å². The number of nitrogens with one attached hydrogen (secondary N) is 2. The van der Waals surface area contributed by atoms with E-state index in [-0.39, 0.29) is 11.6 Å². The zero-order valence-corrected chi connectivity index (χ0v) is 15.8. The molecule has 0 aliphatic rings. The fourth-order valence-corrected chi connectivity index (χ4v) is 4.42. The van der Waals surface area contributed by atoms with Crippen LogP contribution in [-0.4, -0.2) is 36.0 Å². The van der Waals surface area contributed by atoms with Crippen LogP contribution < -0.4 is 5.32 Å². The lowest BCUT2D eigenvalue weighted by molar-refractivity contribution is 0.101. The summed E-state index contributed by atoms with van der Waals surface area (Å²) in [6.45, 7) is 1.87. The predicted octanol–water partition coefficient (Wildman–Crippen LogP) is 3.49.